The van der Waals surface area contributed by atoms with E-state index in [0.717, 1.165) is 38.9 Å². The predicted octanol–water partition coefficient (Wildman–Crippen LogP) is 0.106. The lowest BCUT2D eigenvalue weighted by molar-refractivity contribution is 0.165. The Morgan fingerprint density at radius 1 is 1.00 bits per heavy atom. The van der Waals surface area contributed by atoms with E-state index in [2.05, 4.69) is 10.8 Å². The van der Waals surface area contributed by atoms with Crippen LogP contribution < -0.4 is 16.5 Å². The first-order valence-electron chi connectivity index (χ1n) is 4.19. The van der Waals surface area contributed by atoms with Gasteiger partial charge in [-0.2, -0.15) is 0 Å². The fraction of sp³-hybridized carbons (Fsp3) is 1.00. The molecule has 0 amide bonds. The molecule has 0 fully saturated rings. The highest BCUT2D eigenvalue weighted by molar-refractivity contribution is 5.85. The average molecular weight is 198 g/mol. The van der Waals surface area contributed by atoms with Gasteiger partial charge in [0.25, 0.3) is 0 Å². The van der Waals surface area contributed by atoms with Crippen molar-refractivity contribution in [2.75, 3.05) is 26.2 Å². The van der Waals surface area contributed by atoms with Crippen LogP contribution in [0.1, 0.15) is 19.3 Å². The van der Waals surface area contributed by atoms with Gasteiger partial charge >= 0.3 is 0 Å². The average Bonchev–Trinajstić information content (AvgIpc) is 2.03. The van der Waals surface area contributed by atoms with E-state index < -0.39 is 0 Å². The molecule has 0 bridgehead atoms. The smallest absolute Gasteiger partial charge is 0.0207 e. The molecule has 0 aliphatic carbocycles. The lowest BCUT2D eigenvalue weighted by Gasteiger charge is -2.02. The molecule has 0 spiro atoms. The number of nitrogens with two attached hydrogens (primary N) is 1. The molecule has 0 aromatic carbocycles. The molecule has 0 aromatic heterocycles. The quantitative estimate of drug-likeness (QED) is 0.329. The van der Waals surface area contributed by atoms with Gasteiger partial charge in [0.15, 0.2) is 0 Å². The van der Waals surface area contributed by atoms with Crippen molar-refractivity contribution >= 4 is 12.4 Å². The van der Waals surface area contributed by atoms with E-state index in [1.54, 1.807) is 0 Å². The van der Waals surface area contributed by atoms with Crippen molar-refractivity contribution in [3.8, 4) is 0 Å². The summed E-state index contributed by atoms with van der Waals surface area (Å²) in [5.74, 6) is 0. The van der Waals surface area contributed by atoms with E-state index in [0.29, 0.717) is 6.54 Å². The molecule has 5 N–H and O–H groups in total. The highest BCUT2D eigenvalue weighted by Crippen LogP contribution is 1.83. The second-order valence-electron chi connectivity index (χ2n) is 2.51. The molecule has 0 aromatic rings. The highest BCUT2D eigenvalue weighted by Gasteiger charge is 1.87. The predicted molar refractivity (Wildman–Crippen MR) is 52.8 cm³/mol. The van der Waals surface area contributed by atoms with Crippen molar-refractivity contribution in [1.29, 1.82) is 0 Å². The number of hydrogen-bond acceptors (Lipinski definition) is 4. The summed E-state index contributed by atoms with van der Waals surface area (Å²) in [6, 6.07) is 0. The summed E-state index contributed by atoms with van der Waals surface area (Å²) in [5.41, 5.74) is 7.43. The minimum absolute atomic E-state index is 0. The first-order valence-corrected chi connectivity index (χ1v) is 4.19. The lowest BCUT2D eigenvalue weighted by atomic mass is 10.3. The van der Waals surface area contributed by atoms with Crippen molar-refractivity contribution in [3.05, 3.63) is 0 Å². The Hall–Kier alpha value is 0.130. The molecule has 4 nitrogen and oxygen atoms in total. The van der Waals surface area contributed by atoms with Crippen molar-refractivity contribution in [2.24, 2.45) is 5.73 Å². The number of hydroxylamine groups is 1. The summed E-state index contributed by atoms with van der Waals surface area (Å²) in [6.07, 6.45) is 3.14. The molecular formula is C7H20ClN3O. The highest BCUT2D eigenvalue weighted by atomic mass is 35.5. The molecule has 0 saturated heterocycles. The van der Waals surface area contributed by atoms with E-state index in [4.69, 9.17) is 10.9 Å². The molecular weight excluding hydrogens is 178 g/mol. The minimum atomic E-state index is 0. The monoisotopic (exact) mass is 197 g/mol. The zero-order chi connectivity index (χ0) is 8.36. The molecule has 76 valence electrons. The van der Waals surface area contributed by atoms with Crippen molar-refractivity contribution in [3.63, 3.8) is 0 Å². The van der Waals surface area contributed by atoms with Gasteiger partial charge in [0.2, 0.25) is 0 Å². The molecule has 12 heavy (non-hydrogen) atoms. The van der Waals surface area contributed by atoms with Crippen LogP contribution in [0.3, 0.4) is 0 Å². The Bertz CT molecular complexity index is 67.7. The van der Waals surface area contributed by atoms with Crippen molar-refractivity contribution < 1.29 is 5.21 Å². The molecule has 0 saturated carbocycles. The first kappa shape index (κ1) is 14.6. The summed E-state index contributed by atoms with van der Waals surface area (Å²) in [7, 11) is 0. The van der Waals surface area contributed by atoms with Gasteiger partial charge in [0, 0.05) is 6.54 Å². The summed E-state index contributed by atoms with van der Waals surface area (Å²) in [5, 5.41) is 11.5. The topological polar surface area (TPSA) is 70.3 Å². The van der Waals surface area contributed by atoms with Gasteiger partial charge in [-0.15, -0.1) is 12.4 Å². The maximum atomic E-state index is 8.22. The zero-order valence-corrected chi connectivity index (χ0v) is 8.20. The van der Waals surface area contributed by atoms with Crippen LogP contribution in [0.2, 0.25) is 0 Å². The third-order valence-corrected chi connectivity index (χ3v) is 1.45. The van der Waals surface area contributed by atoms with Crippen LogP contribution in [0, 0.1) is 0 Å². The van der Waals surface area contributed by atoms with E-state index in [1.807, 2.05) is 0 Å². The number of unbranched alkanes of at least 4 members (excludes halogenated alkanes) is 1. The zero-order valence-electron chi connectivity index (χ0n) is 7.38. The number of nitrogens with one attached hydrogen (secondary N) is 2. The molecule has 0 unspecified atom stereocenters. The van der Waals surface area contributed by atoms with Crippen LogP contribution in [-0.2, 0) is 0 Å². The Labute approximate surface area is 80.3 Å². The third-order valence-electron chi connectivity index (χ3n) is 1.45. The van der Waals surface area contributed by atoms with Gasteiger partial charge in [0.05, 0.1) is 0 Å². The van der Waals surface area contributed by atoms with Crippen LogP contribution in [0.15, 0.2) is 0 Å². The normalized spacial score (nSPS) is 9.50. The number of halogens is 1. The number of rotatable bonds is 8. The second kappa shape index (κ2) is 13.7. The summed E-state index contributed by atoms with van der Waals surface area (Å²) in [6.45, 7) is 3.45. The van der Waals surface area contributed by atoms with Gasteiger partial charge in [-0.1, -0.05) is 0 Å². The Morgan fingerprint density at radius 3 is 2.17 bits per heavy atom. The summed E-state index contributed by atoms with van der Waals surface area (Å²) in [4.78, 5) is 0. The van der Waals surface area contributed by atoms with Crippen LogP contribution in [-0.4, -0.2) is 31.4 Å². The molecule has 5 heteroatoms. The van der Waals surface area contributed by atoms with E-state index in [-0.39, 0.29) is 12.4 Å². The Morgan fingerprint density at radius 2 is 1.58 bits per heavy atom. The maximum Gasteiger partial charge on any atom is 0.0207 e. The van der Waals surface area contributed by atoms with Gasteiger partial charge in [-0.05, 0) is 38.9 Å². The second-order valence-corrected chi connectivity index (χ2v) is 2.51. The third kappa shape index (κ3) is 12.8. The van der Waals surface area contributed by atoms with Crippen molar-refractivity contribution in [1.82, 2.24) is 10.8 Å². The van der Waals surface area contributed by atoms with Gasteiger partial charge < -0.3 is 16.3 Å². The molecule has 0 heterocycles. The van der Waals surface area contributed by atoms with Crippen LogP contribution in [0.25, 0.3) is 0 Å². The molecule has 0 rings (SSSR count). The van der Waals surface area contributed by atoms with Crippen LogP contribution in [0.4, 0.5) is 0 Å². The molecule has 0 aliphatic heterocycles. The summed E-state index contributed by atoms with van der Waals surface area (Å²) < 4.78 is 0. The van der Waals surface area contributed by atoms with Crippen molar-refractivity contribution in [2.45, 2.75) is 19.3 Å². The van der Waals surface area contributed by atoms with Gasteiger partial charge in [-0.25, -0.2) is 5.48 Å². The Kier molecular flexibility index (Phi) is 16.7. The van der Waals surface area contributed by atoms with E-state index in [9.17, 15) is 0 Å². The number of hydrogen-bond donors (Lipinski definition) is 4. The van der Waals surface area contributed by atoms with E-state index in [1.165, 1.54) is 0 Å². The Balaban J connectivity index is 0. The summed E-state index contributed by atoms with van der Waals surface area (Å²) >= 11 is 0. The minimum Gasteiger partial charge on any atom is -0.330 e. The lowest BCUT2D eigenvalue weighted by Crippen LogP contribution is -2.20. The maximum absolute atomic E-state index is 8.22. The fourth-order valence-electron chi connectivity index (χ4n) is 0.806. The van der Waals surface area contributed by atoms with E-state index >= 15 is 0 Å². The fourth-order valence-corrected chi connectivity index (χ4v) is 0.806. The van der Waals surface area contributed by atoms with Gasteiger partial charge in [0.1, 0.15) is 0 Å². The first-order chi connectivity index (χ1) is 5.41. The molecule has 0 atom stereocenters. The standard InChI is InChI=1S/C7H19N3O.ClH/c8-4-3-6-9-5-1-2-7-10-11;/h9-11H,1-8H2;1H. The largest absolute Gasteiger partial charge is 0.330 e. The molecule has 0 aliphatic rings. The van der Waals surface area contributed by atoms with Gasteiger partial charge in [-0.3, -0.25) is 0 Å². The SMILES string of the molecule is Cl.NCCCNCCCCNO. The van der Waals surface area contributed by atoms with Crippen LogP contribution in [0.5, 0.6) is 0 Å². The molecule has 0 radical (unpaired) electrons. The van der Waals surface area contributed by atoms with Crippen LogP contribution >= 0.6 is 12.4 Å².